The van der Waals surface area contributed by atoms with Crippen molar-refractivity contribution in [1.82, 2.24) is 10.6 Å². The van der Waals surface area contributed by atoms with Gasteiger partial charge in [-0.1, -0.05) is 12.5 Å². The van der Waals surface area contributed by atoms with Gasteiger partial charge in [0.05, 0.1) is 6.42 Å². The maximum absolute atomic E-state index is 13.5. The van der Waals surface area contributed by atoms with Crippen LogP contribution in [-0.2, 0) is 11.2 Å². The molecule has 1 fully saturated rings. The summed E-state index contributed by atoms with van der Waals surface area (Å²) in [6.07, 6.45) is 3.29. The van der Waals surface area contributed by atoms with Crippen LogP contribution in [0.25, 0.3) is 0 Å². The van der Waals surface area contributed by atoms with Crippen LogP contribution < -0.4 is 10.6 Å². The summed E-state index contributed by atoms with van der Waals surface area (Å²) in [5, 5.41) is 6.25. The Morgan fingerprint density at radius 2 is 2.25 bits per heavy atom. The summed E-state index contributed by atoms with van der Waals surface area (Å²) >= 11 is 0. The molecule has 1 aliphatic heterocycles. The van der Waals surface area contributed by atoms with E-state index in [1.807, 2.05) is 6.92 Å². The molecule has 0 bridgehead atoms. The number of nitrogens with one attached hydrogen (secondary N) is 2. The number of hydrogen-bond donors (Lipinski definition) is 2. The summed E-state index contributed by atoms with van der Waals surface area (Å²) in [5.74, 6) is -1.55. The topological polar surface area (TPSA) is 41.1 Å². The molecular weight excluding hydrogens is 262 g/mol. The van der Waals surface area contributed by atoms with E-state index in [0.717, 1.165) is 37.9 Å². The standard InChI is InChI=1S/C15H20F2N2O/c1-10(14-4-2-3-7-18-14)19-15(20)8-11-5-6-12(16)9-13(11)17/h5-6,9-10,14,18H,2-4,7-8H2,1H3,(H,19,20). The molecule has 2 unspecified atom stereocenters. The first-order chi connectivity index (χ1) is 9.56. The minimum atomic E-state index is -0.677. The third kappa shape index (κ3) is 4.00. The smallest absolute Gasteiger partial charge is 0.224 e. The molecule has 0 saturated carbocycles. The van der Waals surface area contributed by atoms with Gasteiger partial charge >= 0.3 is 0 Å². The Kier molecular flexibility index (Phi) is 5.06. The average Bonchev–Trinajstić information content (AvgIpc) is 2.43. The van der Waals surface area contributed by atoms with E-state index < -0.39 is 11.6 Å². The molecule has 1 aliphatic rings. The number of halogens is 2. The van der Waals surface area contributed by atoms with Gasteiger partial charge in [0, 0.05) is 18.2 Å². The molecule has 1 heterocycles. The Morgan fingerprint density at radius 1 is 1.45 bits per heavy atom. The summed E-state index contributed by atoms with van der Waals surface area (Å²) in [6.45, 7) is 2.92. The summed E-state index contributed by atoms with van der Waals surface area (Å²) < 4.78 is 26.3. The van der Waals surface area contributed by atoms with Gasteiger partial charge in [-0.25, -0.2) is 8.78 Å². The highest BCUT2D eigenvalue weighted by Gasteiger charge is 2.21. The minimum Gasteiger partial charge on any atom is -0.352 e. The van der Waals surface area contributed by atoms with Gasteiger partial charge in [0.2, 0.25) is 5.91 Å². The highest BCUT2D eigenvalue weighted by molar-refractivity contribution is 5.78. The Labute approximate surface area is 117 Å². The first kappa shape index (κ1) is 14.9. The third-order valence-corrected chi connectivity index (χ3v) is 3.71. The van der Waals surface area contributed by atoms with Gasteiger partial charge < -0.3 is 10.6 Å². The number of hydrogen-bond acceptors (Lipinski definition) is 2. The summed E-state index contributed by atoms with van der Waals surface area (Å²) in [5.41, 5.74) is 0.215. The average molecular weight is 282 g/mol. The van der Waals surface area contributed by atoms with Crippen molar-refractivity contribution < 1.29 is 13.6 Å². The van der Waals surface area contributed by atoms with Gasteiger partial charge in [-0.2, -0.15) is 0 Å². The van der Waals surface area contributed by atoms with Gasteiger partial charge in [0.15, 0.2) is 0 Å². The van der Waals surface area contributed by atoms with Crippen molar-refractivity contribution in [2.75, 3.05) is 6.54 Å². The molecule has 2 rings (SSSR count). The lowest BCUT2D eigenvalue weighted by Gasteiger charge is -2.29. The van der Waals surface area contributed by atoms with Crippen molar-refractivity contribution >= 4 is 5.91 Å². The van der Waals surface area contributed by atoms with E-state index in [9.17, 15) is 13.6 Å². The van der Waals surface area contributed by atoms with E-state index in [4.69, 9.17) is 0 Å². The molecule has 2 N–H and O–H groups in total. The van der Waals surface area contributed by atoms with E-state index in [0.29, 0.717) is 0 Å². The molecule has 2 atom stereocenters. The SMILES string of the molecule is CC(NC(=O)Cc1ccc(F)cc1F)C1CCCCN1. The fraction of sp³-hybridized carbons (Fsp3) is 0.533. The Morgan fingerprint density at radius 3 is 2.90 bits per heavy atom. The van der Waals surface area contributed by atoms with Crippen molar-refractivity contribution in [2.24, 2.45) is 0 Å². The molecule has 1 aromatic rings. The van der Waals surface area contributed by atoms with E-state index in [2.05, 4.69) is 10.6 Å². The van der Waals surface area contributed by atoms with Gasteiger partial charge in [0.25, 0.3) is 0 Å². The highest BCUT2D eigenvalue weighted by atomic mass is 19.1. The van der Waals surface area contributed by atoms with Crippen LogP contribution in [0.1, 0.15) is 31.7 Å². The molecule has 0 aromatic heterocycles. The largest absolute Gasteiger partial charge is 0.352 e. The predicted molar refractivity (Wildman–Crippen MR) is 73.3 cm³/mol. The number of rotatable bonds is 4. The molecule has 1 saturated heterocycles. The van der Waals surface area contributed by atoms with Crippen molar-refractivity contribution in [1.29, 1.82) is 0 Å². The molecule has 110 valence electrons. The van der Waals surface area contributed by atoms with Crippen molar-refractivity contribution in [3.8, 4) is 0 Å². The number of benzene rings is 1. The second-order valence-electron chi connectivity index (χ2n) is 5.33. The lowest BCUT2D eigenvalue weighted by atomic mass is 9.99. The number of carbonyl (C=O) groups is 1. The summed E-state index contributed by atoms with van der Waals surface area (Å²) in [6, 6.07) is 3.55. The van der Waals surface area contributed by atoms with E-state index in [-0.39, 0.29) is 30.0 Å². The maximum atomic E-state index is 13.5. The zero-order chi connectivity index (χ0) is 14.5. The Balaban J connectivity index is 1.88. The fourth-order valence-electron chi connectivity index (χ4n) is 2.55. The van der Waals surface area contributed by atoms with Crippen molar-refractivity contribution in [3.63, 3.8) is 0 Å². The van der Waals surface area contributed by atoms with E-state index in [1.165, 1.54) is 6.07 Å². The zero-order valence-corrected chi connectivity index (χ0v) is 11.6. The molecule has 1 aromatic carbocycles. The first-order valence-electron chi connectivity index (χ1n) is 7.03. The molecule has 3 nitrogen and oxygen atoms in total. The van der Waals surface area contributed by atoms with Crippen LogP contribution in [0.5, 0.6) is 0 Å². The number of piperidine rings is 1. The lowest BCUT2D eigenvalue weighted by Crippen LogP contribution is -2.50. The van der Waals surface area contributed by atoms with Crippen LogP contribution >= 0.6 is 0 Å². The Hall–Kier alpha value is -1.49. The van der Waals surface area contributed by atoms with Crippen LogP contribution in [0.15, 0.2) is 18.2 Å². The third-order valence-electron chi connectivity index (χ3n) is 3.71. The molecule has 20 heavy (non-hydrogen) atoms. The van der Waals surface area contributed by atoms with Crippen LogP contribution in [0.2, 0.25) is 0 Å². The minimum absolute atomic E-state index is 0.00584. The second-order valence-corrected chi connectivity index (χ2v) is 5.33. The number of carbonyl (C=O) groups excluding carboxylic acids is 1. The summed E-state index contributed by atoms with van der Waals surface area (Å²) in [4.78, 5) is 11.9. The van der Waals surface area contributed by atoms with Gasteiger partial charge in [-0.3, -0.25) is 4.79 Å². The van der Waals surface area contributed by atoms with Gasteiger partial charge in [-0.15, -0.1) is 0 Å². The van der Waals surface area contributed by atoms with Crippen LogP contribution in [-0.4, -0.2) is 24.5 Å². The molecule has 0 aliphatic carbocycles. The number of amides is 1. The van der Waals surface area contributed by atoms with Crippen LogP contribution in [0.4, 0.5) is 8.78 Å². The highest BCUT2D eigenvalue weighted by Crippen LogP contribution is 2.12. The predicted octanol–water partition coefficient (Wildman–Crippen LogP) is 2.15. The van der Waals surface area contributed by atoms with Crippen molar-refractivity contribution in [2.45, 2.75) is 44.7 Å². The maximum Gasteiger partial charge on any atom is 0.224 e. The van der Waals surface area contributed by atoms with Crippen molar-refractivity contribution in [3.05, 3.63) is 35.4 Å². The zero-order valence-electron chi connectivity index (χ0n) is 11.6. The lowest BCUT2D eigenvalue weighted by molar-refractivity contribution is -0.121. The van der Waals surface area contributed by atoms with E-state index in [1.54, 1.807) is 0 Å². The quantitative estimate of drug-likeness (QED) is 0.888. The van der Waals surface area contributed by atoms with E-state index >= 15 is 0 Å². The fourth-order valence-corrected chi connectivity index (χ4v) is 2.55. The second kappa shape index (κ2) is 6.79. The Bertz CT molecular complexity index is 473. The molecule has 5 heteroatoms. The van der Waals surface area contributed by atoms with Crippen LogP contribution in [0, 0.1) is 11.6 Å². The first-order valence-corrected chi connectivity index (χ1v) is 7.03. The molecular formula is C15H20F2N2O. The normalized spacial score (nSPS) is 20.4. The molecule has 0 radical (unpaired) electrons. The molecule has 1 amide bonds. The summed E-state index contributed by atoms with van der Waals surface area (Å²) in [7, 11) is 0. The van der Waals surface area contributed by atoms with Crippen LogP contribution in [0.3, 0.4) is 0 Å². The van der Waals surface area contributed by atoms with Gasteiger partial charge in [0.1, 0.15) is 11.6 Å². The molecule has 0 spiro atoms. The van der Waals surface area contributed by atoms with Gasteiger partial charge in [-0.05, 0) is 37.9 Å². The monoisotopic (exact) mass is 282 g/mol.